The molecule has 35 heavy (non-hydrogen) atoms. The number of nitrogens with zero attached hydrogens (tertiary/aromatic N) is 1. The van der Waals surface area contributed by atoms with E-state index in [-0.39, 0.29) is 23.5 Å². The SMILES string of the molecule is C=C(F)/C(=C\C(=C/C)C(C)(F)F)Cn1c(C(=C)C)c(/C(=C/C=C\CC)C(C)=O)c2cc(C)ccc21. The Morgan fingerprint density at radius 2 is 1.86 bits per heavy atom. The van der Waals surface area contributed by atoms with Gasteiger partial charge in [-0.25, -0.2) is 13.2 Å². The molecule has 1 aromatic carbocycles. The number of ketones is 1. The van der Waals surface area contributed by atoms with Crippen molar-refractivity contribution in [2.75, 3.05) is 0 Å². The second-order valence-corrected chi connectivity index (χ2v) is 8.79. The van der Waals surface area contributed by atoms with Crippen LogP contribution < -0.4 is 0 Å². The Balaban J connectivity index is 2.95. The minimum Gasteiger partial charge on any atom is -0.336 e. The lowest BCUT2D eigenvalue weighted by Gasteiger charge is -2.17. The standard InChI is InChI=1S/C30H34F3NO/c1-9-11-12-13-25(22(7)35)28-26-16-20(5)14-15-27(26)34(29(28)19(3)4)18-23(21(6)31)17-24(10-2)30(8,32)33/h10-17H,3,6,9,18H2,1-2,4-5,7-8H3/b12-11-,23-17-,24-10+,25-13+. The van der Waals surface area contributed by atoms with Crippen molar-refractivity contribution < 1.29 is 18.0 Å². The van der Waals surface area contributed by atoms with Gasteiger partial charge in [-0.3, -0.25) is 4.79 Å². The van der Waals surface area contributed by atoms with Crippen LogP contribution in [0, 0.1) is 6.92 Å². The molecule has 0 fully saturated rings. The molecule has 1 aromatic heterocycles. The Kier molecular flexibility index (Phi) is 9.08. The van der Waals surface area contributed by atoms with Crippen LogP contribution in [0.5, 0.6) is 0 Å². The Labute approximate surface area is 206 Å². The van der Waals surface area contributed by atoms with E-state index in [1.54, 1.807) is 6.08 Å². The number of allylic oxidation sites excluding steroid dienone is 10. The number of alkyl halides is 2. The van der Waals surface area contributed by atoms with Gasteiger partial charge in [0, 0.05) is 40.1 Å². The highest BCUT2D eigenvalue weighted by atomic mass is 19.3. The molecule has 0 unspecified atom stereocenters. The summed E-state index contributed by atoms with van der Waals surface area (Å²) in [7, 11) is 0. The molecule has 5 heteroatoms. The predicted octanol–water partition coefficient (Wildman–Crippen LogP) is 8.93. The highest BCUT2D eigenvalue weighted by molar-refractivity contribution is 6.24. The Morgan fingerprint density at radius 1 is 1.20 bits per heavy atom. The van der Waals surface area contributed by atoms with Crippen molar-refractivity contribution in [3.8, 4) is 0 Å². The third kappa shape index (κ3) is 6.41. The van der Waals surface area contributed by atoms with E-state index in [9.17, 15) is 18.0 Å². The molecule has 0 amide bonds. The average Bonchev–Trinajstić information content (AvgIpc) is 3.05. The van der Waals surface area contributed by atoms with Crippen LogP contribution >= 0.6 is 0 Å². The number of fused-ring (bicyclic) bond motifs is 1. The van der Waals surface area contributed by atoms with Crippen LogP contribution in [0.3, 0.4) is 0 Å². The van der Waals surface area contributed by atoms with Crippen LogP contribution in [0.25, 0.3) is 22.0 Å². The maximum absolute atomic E-state index is 14.6. The van der Waals surface area contributed by atoms with Crippen molar-refractivity contribution in [3.05, 3.63) is 95.5 Å². The summed E-state index contributed by atoms with van der Waals surface area (Å²) in [5.41, 5.74) is 3.96. The fourth-order valence-electron chi connectivity index (χ4n) is 4.06. The van der Waals surface area contributed by atoms with Crippen molar-refractivity contribution in [1.82, 2.24) is 4.57 Å². The first-order valence-electron chi connectivity index (χ1n) is 11.6. The fourth-order valence-corrected chi connectivity index (χ4v) is 4.06. The zero-order chi connectivity index (χ0) is 26.5. The normalized spacial score (nSPS) is 13.7. The monoisotopic (exact) mass is 481 g/mol. The Hall–Kier alpha value is -3.34. The molecule has 1 heterocycles. The van der Waals surface area contributed by atoms with E-state index in [1.165, 1.54) is 19.9 Å². The summed E-state index contributed by atoms with van der Waals surface area (Å²) in [6.45, 7) is 17.0. The molecule has 0 aliphatic carbocycles. The minimum atomic E-state index is -3.14. The van der Waals surface area contributed by atoms with E-state index in [2.05, 4.69) is 13.2 Å². The number of Topliss-reactive ketones (excluding diaryl/α,β-unsaturated/α-hetero) is 1. The molecule has 2 nitrogen and oxygen atoms in total. The van der Waals surface area contributed by atoms with E-state index >= 15 is 0 Å². The first kappa shape index (κ1) is 27.9. The van der Waals surface area contributed by atoms with E-state index in [0.29, 0.717) is 22.4 Å². The number of benzene rings is 1. The minimum absolute atomic E-state index is 0.0189. The van der Waals surface area contributed by atoms with Gasteiger partial charge in [-0.05, 0) is 57.9 Å². The van der Waals surface area contributed by atoms with Gasteiger partial charge in [0.2, 0.25) is 0 Å². The molecule has 0 bridgehead atoms. The molecule has 0 aliphatic heterocycles. The molecule has 2 aromatic rings. The topological polar surface area (TPSA) is 22.0 Å². The molecule has 0 saturated heterocycles. The number of carbonyl (C=O) groups is 1. The molecule has 0 N–H and O–H groups in total. The van der Waals surface area contributed by atoms with Crippen molar-refractivity contribution in [3.63, 3.8) is 0 Å². The van der Waals surface area contributed by atoms with Gasteiger partial charge in [-0.2, -0.15) is 0 Å². The zero-order valence-corrected chi connectivity index (χ0v) is 21.4. The summed E-state index contributed by atoms with van der Waals surface area (Å²) < 4.78 is 44.5. The Bertz CT molecular complexity index is 1280. The summed E-state index contributed by atoms with van der Waals surface area (Å²) in [5, 5.41) is 0.810. The summed E-state index contributed by atoms with van der Waals surface area (Å²) in [5.74, 6) is -4.06. The van der Waals surface area contributed by atoms with Gasteiger partial charge < -0.3 is 4.57 Å². The molecule has 186 valence electrons. The van der Waals surface area contributed by atoms with E-state index in [4.69, 9.17) is 0 Å². The number of carbonyl (C=O) groups excluding carboxylic acids is 1. The smallest absolute Gasteiger partial charge is 0.270 e. The van der Waals surface area contributed by atoms with Crippen molar-refractivity contribution in [1.29, 1.82) is 0 Å². The summed E-state index contributed by atoms with van der Waals surface area (Å²) in [6.07, 6.45) is 8.80. The van der Waals surface area contributed by atoms with Gasteiger partial charge in [0.05, 0.1) is 12.2 Å². The number of halogens is 3. The van der Waals surface area contributed by atoms with Crippen LogP contribution in [0.1, 0.15) is 57.9 Å². The molecule has 0 saturated carbocycles. The number of hydrogen-bond donors (Lipinski definition) is 0. The largest absolute Gasteiger partial charge is 0.336 e. The highest BCUT2D eigenvalue weighted by Crippen LogP contribution is 2.38. The molecular formula is C30H34F3NO. The van der Waals surface area contributed by atoms with Crippen LogP contribution in [0.15, 0.2) is 78.7 Å². The lowest BCUT2D eigenvalue weighted by atomic mass is 9.95. The maximum Gasteiger partial charge on any atom is 0.270 e. The van der Waals surface area contributed by atoms with Gasteiger partial charge in [0.1, 0.15) is 5.83 Å². The number of aromatic nitrogens is 1. The quantitative estimate of drug-likeness (QED) is 0.245. The predicted molar refractivity (Wildman–Crippen MR) is 142 cm³/mol. The van der Waals surface area contributed by atoms with Crippen LogP contribution in [-0.4, -0.2) is 16.3 Å². The maximum atomic E-state index is 14.6. The number of aryl methyl sites for hydroxylation is 1. The van der Waals surface area contributed by atoms with Crippen LogP contribution in [0.4, 0.5) is 13.2 Å². The third-order valence-corrected chi connectivity index (χ3v) is 5.73. The van der Waals surface area contributed by atoms with Gasteiger partial charge in [-0.1, -0.05) is 56.0 Å². The average molecular weight is 482 g/mol. The summed E-state index contributed by atoms with van der Waals surface area (Å²) in [6, 6.07) is 5.78. The van der Waals surface area contributed by atoms with Gasteiger partial charge in [0.15, 0.2) is 5.78 Å². The Morgan fingerprint density at radius 3 is 2.34 bits per heavy atom. The van der Waals surface area contributed by atoms with E-state index < -0.39 is 11.7 Å². The molecular weight excluding hydrogens is 447 g/mol. The molecule has 0 aliphatic rings. The van der Waals surface area contributed by atoms with Gasteiger partial charge >= 0.3 is 0 Å². The lowest BCUT2D eigenvalue weighted by molar-refractivity contribution is -0.111. The molecule has 0 spiro atoms. The second kappa shape index (κ2) is 11.4. The fraction of sp³-hybridized carbons (Fsp3) is 0.300. The van der Waals surface area contributed by atoms with Crippen LogP contribution in [0.2, 0.25) is 0 Å². The third-order valence-electron chi connectivity index (χ3n) is 5.73. The van der Waals surface area contributed by atoms with Crippen molar-refractivity contribution in [2.24, 2.45) is 0 Å². The number of rotatable bonds is 10. The molecule has 0 radical (unpaired) electrons. The second-order valence-electron chi connectivity index (χ2n) is 8.79. The van der Waals surface area contributed by atoms with E-state index in [0.717, 1.165) is 35.9 Å². The van der Waals surface area contributed by atoms with Gasteiger partial charge in [0.25, 0.3) is 5.92 Å². The molecule has 2 rings (SSSR count). The highest BCUT2D eigenvalue weighted by Gasteiger charge is 2.27. The first-order valence-corrected chi connectivity index (χ1v) is 11.6. The van der Waals surface area contributed by atoms with Crippen molar-refractivity contribution in [2.45, 2.75) is 60.4 Å². The lowest BCUT2D eigenvalue weighted by Crippen LogP contribution is -2.14. The van der Waals surface area contributed by atoms with Gasteiger partial charge in [-0.15, -0.1) is 0 Å². The first-order chi connectivity index (χ1) is 16.3. The molecule has 0 atom stereocenters. The summed E-state index contributed by atoms with van der Waals surface area (Å²) >= 11 is 0. The van der Waals surface area contributed by atoms with Crippen molar-refractivity contribution >= 4 is 27.8 Å². The number of hydrogen-bond acceptors (Lipinski definition) is 1. The zero-order valence-electron chi connectivity index (χ0n) is 21.4. The van der Waals surface area contributed by atoms with Crippen LogP contribution in [-0.2, 0) is 11.3 Å². The summed E-state index contributed by atoms with van der Waals surface area (Å²) in [4.78, 5) is 12.8. The van der Waals surface area contributed by atoms with E-state index in [1.807, 2.05) is 55.7 Å².